The van der Waals surface area contributed by atoms with E-state index in [1.165, 1.54) is 12.1 Å². The molecule has 256 valence electrons. The van der Waals surface area contributed by atoms with Crippen molar-refractivity contribution in [2.24, 2.45) is 0 Å². The van der Waals surface area contributed by atoms with Crippen LogP contribution in [0.2, 0.25) is 0 Å². The van der Waals surface area contributed by atoms with E-state index in [0.29, 0.717) is 22.4 Å². The Morgan fingerprint density at radius 1 is 0.491 bits per heavy atom. The first kappa shape index (κ1) is 32.3. The largest absolute Gasteiger partial charge is 0.416 e. The number of hydrogen-bond donors (Lipinski definition) is 0. The standard InChI is InChI=1S/C47H32F3N3/c1-28-16-20-43-39(24-28)35-10-5-7-14-41(35)52(43)45-27-33(51-4)18-19-37(45)38-13-9-12-34(31-22-30(3)23-32(26-31)47(48,49)50)46(38)53-42-15-8-6-11-36(42)40-25-29(2)17-21-44(40)53/h5-27H,1-3H3. The maximum Gasteiger partial charge on any atom is 0.416 e. The Kier molecular flexibility index (Phi) is 7.32. The van der Waals surface area contributed by atoms with E-state index < -0.39 is 11.7 Å². The van der Waals surface area contributed by atoms with E-state index in [1.54, 1.807) is 6.92 Å². The summed E-state index contributed by atoms with van der Waals surface area (Å²) >= 11 is 0. The summed E-state index contributed by atoms with van der Waals surface area (Å²) < 4.78 is 47.5. The molecule has 0 saturated carbocycles. The Morgan fingerprint density at radius 2 is 1.08 bits per heavy atom. The first-order chi connectivity index (χ1) is 25.6. The average molecular weight is 696 g/mol. The van der Waals surface area contributed by atoms with Crippen LogP contribution in [-0.2, 0) is 6.18 Å². The van der Waals surface area contributed by atoms with Gasteiger partial charge < -0.3 is 9.13 Å². The zero-order valence-corrected chi connectivity index (χ0v) is 29.3. The van der Waals surface area contributed by atoms with Gasteiger partial charge in [-0.2, -0.15) is 13.2 Å². The molecule has 53 heavy (non-hydrogen) atoms. The summed E-state index contributed by atoms with van der Waals surface area (Å²) in [6.45, 7) is 13.9. The van der Waals surface area contributed by atoms with Gasteiger partial charge in [-0.15, -0.1) is 0 Å². The molecule has 3 nitrogen and oxygen atoms in total. The molecule has 6 heteroatoms. The van der Waals surface area contributed by atoms with Gasteiger partial charge in [-0.25, -0.2) is 4.85 Å². The zero-order valence-electron chi connectivity index (χ0n) is 29.3. The number of rotatable bonds is 4. The molecular weight excluding hydrogens is 664 g/mol. The lowest BCUT2D eigenvalue weighted by Crippen LogP contribution is -2.07. The lowest BCUT2D eigenvalue weighted by molar-refractivity contribution is -0.137. The molecule has 0 aliphatic carbocycles. The monoisotopic (exact) mass is 695 g/mol. The number of alkyl halides is 3. The van der Waals surface area contributed by atoms with Crippen molar-refractivity contribution < 1.29 is 13.2 Å². The molecule has 0 atom stereocenters. The fraction of sp³-hybridized carbons (Fsp3) is 0.0851. The van der Waals surface area contributed by atoms with Gasteiger partial charge in [0, 0.05) is 43.9 Å². The molecule has 0 unspecified atom stereocenters. The maximum atomic E-state index is 14.4. The Morgan fingerprint density at radius 3 is 1.72 bits per heavy atom. The van der Waals surface area contributed by atoms with Crippen molar-refractivity contribution in [2.45, 2.75) is 26.9 Å². The highest BCUT2D eigenvalue weighted by molar-refractivity contribution is 6.12. The summed E-state index contributed by atoms with van der Waals surface area (Å²) in [4.78, 5) is 3.84. The van der Waals surface area contributed by atoms with Crippen molar-refractivity contribution in [1.29, 1.82) is 0 Å². The van der Waals surface area contributed by atoms with Gasteiger partial charge >= 0.3 is 6.18 Å². The van der Waals surface area contributed by atoms with Gasteiger partial charge in [0.25, 0.3) is 0 Å². The number of hydrogen-bond acceptors (Lipinski definition) is 0. The molecule has 9 aromatic rings. The first-order valence-corrected chi connectivity index (χ1v) is 17.5. The van der Waals surface area contributed by atoms with Crippen LogP contribution in [-0.4, -0.2) is 9.13 Å². The molecule has 0 N–H and O–H groups in total. The molecule has 0 spiro atoms. The van der Waals surface area contributed by atoms with Gasteiger partial charge in [-0.1, -0.05) is 96.1 Å². The van der Waals surface area contributed by atoms with Crippen molar-refractivity contribution in [3.05, 3.63) is 173 Å². The smallest absolute Gasteiger partial charge is 0.310 e. The van der Waals surface area contributed by atoms with Crippen LogP contribution in [0, 0.1) is 27.3 Å². The van der Waals surface area contributed by atoms with Crippen LogP contribution in [0.3, 0.4) is 0 Å². The molecule has 0 bridgehead atoms. The van der Waals surface area contributed by atoms with E-state index in [2.05, 4.69) is 88.5 Å². The SMILES string of the molecule is [C-]#[N+]c1ccc(-c2cccc(-c3cc(C)cc(C(F)(F)F)c3)c2-n2c3ccccc3c3cc(C)ccc32)c(-n2c3ccccc3c3cc(C)ccc32)c1. The number of para-hydroxylation sites is 3. The Balaban J connectivity index is 1.46. The van der Waals surface area contributed by atoms with E-state index in [0.717, 1.165) is 77.2 Å². The third-order valence-corrected chi connectivity index (χ3v) is 10.3. The summed E-state index contributed by atoms with van der Waals surface area (Å²) in [6.07, 6.45) is -4.51. The second-order valence-corrected chi connectivity index (χ2v) is 13.8. The number of halogens is 3. The number of fused-ring (bicyclic) bond motifs is 6. The maximum absolute atomic E-state index is 14.4. The van der Waals surface area contributed by atoms with Crippen LogP contribution >= 0.6 is 0 Å². The third-order valence-electron chi connectivity index (χ3n) is 10.3. The van der Waals surface area contributed by atoms with Gasteiger partial charge in [0.2, 0.25) is 0 Å². The fourth-order valence-corrected chi connectivity index (χ4v) is 8.01. The Bertz CT molecular complexity index is 2990. The van der Waals surface area contributed by atoms with E-state index in [1.807, 2.05) is 66.7 Å². The number of benzene rings is 7. The highest BCUT2D eigenvalue weighted by atomic mass is 19.4. The minimum absolute atomic E-state index is 0.471. The van der Waals surface area contributed by atoms with Gasteiger partial charge in [0.15, 0.2) is 5.69 Å². The van der Waals surface area contributed by atoms with E-state index in [-0.39, 0.29) is 0 Å². The molecule has 2 heterocycles. The topological polar surface area (TPSA) is 14.2 Å². The summed E-state index contributed by atoms with van der Waals surface area (Å²) in [5, 5.41) is 4.30. The summed E-state index contributed by atoms with van der Waals surface area (Å²) in [7, 11) is 0. The number of nitrogens with zero attached hydrogens (tertiary/aromatic N) is 3. The highest BCUT2D eigenvalue weighted by Gasteiger charge is 2.32. The molecule has 0 aliphatic rings. The van der Waals surface area contributed by atoms with Crippen molar-refractivity contribution in [3.8, 4) is 33.6 Å². The predicted molar refractivity (Wildman–Crippen MR) is 211 cm³/mol. The second-order valence-electron chi connectivity index (χ2n) is 13.8. The number of aromatic nitrogens is 2. The molecule has 0 radical (unpaired) electrons. The zero-order chi connectivity index (χ0) is 36.6. The lowest BCUT2D eigenvalue weighted by atomic mass is 9.92. The minimum atomic E-state index is -4.51. The van der Waals surface area contributed by atoms with Crippen molar-refractivity contribution >= 4 is 49.3 Å². The van der Waals surface area contributed by atoms with Crippen LogP contribution in [0.5, 0.6) is 0 Å². The summed E-state index contributed by atoms with van der Waals surface area (Å²) in [6, 6.07) is 45.1. The van der Waals surface area contributed by atoms with Gasteiger partial charge in [-0.05, 0) is 86.5 Å². The van der Waals surface area contributed by atoms with Crippen LogP contribution in [0.1, 0.15) is 22.3 Å². The second kappa shape index (κ2) is 12.0. The van der Waals surface area contributed by atoms with Crippen LogP contribution in [0.25, 0.3) is 82.1 Å². The molecule has 0 amide bonds. The van der Waals surface area contributed by atoms with E-state index >= 15 is 0 Å². The number of aryl methyl sites for hydroxylation is 3. The average Bonchev–Trinajstić information content (AvgIpc) is 3.65. The van der Waals surface area contributed by atoms with Gasteiger partial charge in [0.1, 0.15) is 0 Å². The van der Waals surface area contributed by atoms with Crippen LogP contribution < -0.4 is 0 Å². The Labute approximate surface area is 304 Å². The molecular formula is C47H32F3N3. The third kappa shape index (κ3) is 5.19. The molecule has 7 aromatic carbocycles. The van der Waals surface area contributed by atoms with Crippen molar-refractivity contribution in [3.63, 3.8) is 0 Å². The van der Waals surface area contributed by atoms with Crippen molar-refractivity contribution in [2.75, 3.05) is 0 Å². The highest BCUT2D eigenvalue weighted by Crippen LogP contribution is 2.46. The minimum Gasteiger partial charge on any atom is -0.310 e. The van der Waals surface area contributed by atoms with Gasteiger partial charge in [-0.3, -0.25) is 0 Å². The van der Waals surface area contributed by atoms with Gasteiger partial charge in [0.05, 0.1) is 39.9 Å². The van der Waals surface area contributed by atoms with Crippen LogP contribution in [0.15, 0.2) is 140 Å². The lowest BCUT2D eigenvalue weighted by Gasteiger charge is -2.22. The first-order valence-electron chi connectivity index (χ1n) is 17.5. The predicted octanol–water partition coefficient (Wildman–Crippen LogP) is 13.7. The summed E-state index contributed by atoms with van der Waals surface area (Å²) in [5.41, 5.74) is 10.8. The molecule has 2 aromatic heterocycles. The summed E-state index contributed by atoms with van der Waals surface area (Å²) in [5.74, 6) is 0. The molecule has 0 saturated heterocycles. The Hall–Kier alpha value is -6.58. The quantitative estimate of drug-likeness (QED) is 0.163. The van der Waals surface area contributed by atoms with E-state index in [9.17, 15) is 13.2 Å². The van der Waals surface area contributed by atoms with E-state index in [4.69, 9.17) is 6.57 Å². The molecule has 9 rings (SSSR count). The fourth-order valence-electron chi connectivity index (χ4n) is 8.01. The molecule has 0 fully saturated rings. The van der Waals surface area contributed by atoms with Crippen LogP contribution in [0.4, 0.5) is 18.9 Å². The normalized spacial score (nSPS) is 11.9. The molecule has 0 aliphatic heterocycles. The van der Waals surface area contributed by atoms with Crippen molar-refractivity contribution in [1.82, 2.24) is 9.13 Å².